The normalized spacial score (nSPS) is 9.94. The van der Waals surface area contributed by atoms with Gasteiger partial charge < -0.3 is 21.1 Å². The highest BCUT2D eigenvalue weighted by Gasteiger charge is 2.04. The summed E-state index contributed by atoms with van der Waals surface area (Å²) >= 11 is 0. The summed E-state index contributed by atoms with van der Waals surface area (Å²) in [6.07, 6.45) is 0.0847. The van der Waals surface area contributed by atoms with E-state index < -0.39 is 12.0 Å². The predicted octanol–water partition coefficient (Wildman–Crippen LogP) is -0.0774. The topological polar surface area (TPSA) is 108 Å². The molecular weight excluding hydrogens is 238 g/mol. The predicted molar refractivity (Wildman–Crippen MR) is 66.1 cm³/mol. The Morgan fingerprint density at radius 1 is 1.00 bits per heavy atom. The molecule has 0 aromatic heterocycles. The first-order valence-corrected chi connectivity index (χ1v) is 5.92. The molecule has 0 rings (SSSR count). The fraction of sp³-hybridized carbons (Fsp3) is 0.727. The third kappa shape index (κ3) is 10.7. The molecule has 7 nitrogen and oxygen atoms in total. The van der Waals surface area contributed by atoms with E-state index in [0.29, 0.717) is 12.5 Å². The van der Waals surface area contributed by atoms with Crippen molar-refractivity contribution < 1.29 is 19.5 Å². The molecule has 4 N–H and O–H groups in total. The molecule has 3 amide bonds. The van der Waals surface area contributed by atoms with Crippen LogP contribution in [-0.2, 0) is 9.59 Å². The van der Waals surface area contributed by atoms with Crippen LogP contribution in [0.5, 0.6) is 0 Å². The van der Waals surface area contributed by atoms with E-state index in [-0.39, 0.29) is 31.8 Å². The quantitative estimate of drug-likeness (QED) is 0.489. The molecule has 0 aromatic rings. The van der Waals surface area contributed by atoms with E-state index in [9.17, 15) is 14.4 Å². The van der Waals surface area contributed by atoms with Gasteiger partial charge in [-0.3, -0.25) is 9.59 Å². The third-order valence-electron chi connectivity index (χ3n) is 1.97. The van der Waals surface area contributed by atoms with Crippen LogP contribution >= 0.6 is 0 Å². The van der Waals surface area contributed by atoms with Crippen LogP contribution in [-0.4, -0.2) is 42.6 Å². The molecule has 0 aliphatic carbocycles. The second kappa shape index (κ2) is 9.26. The van der Waals surface area contributed by atoms with Gasteiger partial charge in [0.1, 0.15) is 0 Å². The van der Waals surface area contributed by atoms with Crippen LogP contribution < -0.4 is 16.0 Å². The number of carboxylic acid groups (broad SMARTS) is 1. The van der Waals surface area contributed by atoms with Gasteiger partial charge in [-0.05, 0) is 5.92 Å². The van der Waals surface area contributed by atoms with Crippen LogP contribution in [0, 0.1) is 5.92 Å². The monoisotopic (exact) mass is 259 g/mol. The van der Waals surface area contributed by atoms with E-state index in [1.54, 1.807) is 0 Å². The average Bonchev–Trinajstić information content (AvgIpc) is 2.25. The highest BCUT2D eigenvalue weighted by molar-refractivity contribution is 5.78. The maximum Gasteiger partial charge on any atom is 0.314 e. The van der Waals surface area contributed by atoms with Gasteiger partial charge in [0.05, 0.1) is 6.42 Å². The number of carbonyl (C=O) groups excluding carboxylic acids is 2. The highest BCUT2D eigenvalue weighted by Crippen LogP contribution is 1.87. The molecular formula is C11H21N3O4. The molecule has 0 saturated carbocycles. The molecule has 0 atom stereocenters. The molecule has 0 aliphatic rings. The number of carboxylic acids is 1. The maximum absolute atomic E-state index is 11.3. The Hall–Kier alpha value is -1.79. The first kappa shape index (κ1) is 16.2. The van der Waals surface area contributed by atoms with E-state index in [4.69, 9.17) is 5.11 Å². The fourth-order valence-electron chi connectivity index (χ4n) is 1.04. The van der Waals surface area contributed by atoms with Crippen molar-refractivity contribution in [2.45, 2.75) is 26.7 Å². The van der Waals surface area contributed by atoms with Crippen LogP contribution in [0.3, 0.4) is 0 Å². The van der Waals surface area contributed by atoms with Gasteiger partial charge in [-0.1, -0.05) is 13.8 Å². The molecule has 0 fully saturated rings. The van der Waals surface area contributed by atoms with Gasteiger partial charge in [-0.25, -0.2) is 4.79 Å². The van der Waals surface area contributed by atoms with Crippen LogP contribution in [0.15, 0.2) is 0 Å². The van der Waals surface area contributed by atoms with Gasteiger partial charge >= 0.3 is 12.0 Å². The number of urea groups is 1. The summed E-state index contributed by atoms with van der Waals surface area (Å²) in [4.78, 5) is 32.6. The SMILES string of the molecule is CC(C)CNC(=O)CCNC(=O)NCCC(=O)O. The Morgan fingerprint density at radius 2 is 1.56 bits per heavy atom. The van der Waals surface area contributed by atoms with Gasteiger partial charge in [-0.15, -0.1) is 0 Å². The van der Waals surface area contributed by atoms with Crippen LogP contribution in [0.4, 0.5) is 4.79 Å². The minimum atomic E-state index is -0.969. The van der Waals surface area contributed by atoms with Gasteiger partial charge in [-0.2, -0.15) is 0 Å². The van der Waals surface area contributed by atoms with Crippen molar-refractivity contribution in [1.82, 2.24) is 16.0 Å². The Bertz CT molecular complexity index is 292. The number of hydrogen-bond donors (Lipinski definition) is 4. The standard InChI is InChI=1S/C11H21N3O4/c1-8(2)7-14-9(15)3-5-12-11(18)13-6-4-10(16)17/h8H,3-7H2,1-2H3,(H,14,15)(H,16,17)(H2,12,13,18). The molecule has 0 aliphatic heterocycles. The number of carbonyl (C=O) groups is 3. The highest BCUT2D eigenvalue weighted by atomic mass is 16.4. The van der Waals surface area contributed by atoms with Crippen molar-refractivity contribution in [3.05, 3.63) is 0 Å². The molecule has 18 heavy (non-hydrogen) atoms. The smallest absolute Gasteiger partial charge is 0.314 e. The second-order valence-electron chi connectivity index (χ2n) is 4.27. The molecule has 0 heterocycles. The van der Waals surface area contributed by atoms with Gasteiger partial charge in [0.2, 0.25) is 5.91 Å². The van der Waals surface area contributed by atoms with Crippen molar-refractivity contribution in [3.8, 4) is 0 Å². The zero-order valence-electron chi connectivity index (χ0n) is 10.8. The third-order valence-corrected chi connectivity index (χ3v) is 1.97. The summed E-state index contributed by atoms with van der Waals surface area (Å²) in [6.45, 7) is 4.90. The molecule has 104 valence electrons. The Balaban J connectivity index is 3.50. The lowest BCUT2D eigenvalue weighted by molar-refractivity contribution is -0.136. The zero-order valence-corrected chi connectivity index (χ0v) is 10.8. The zero-order chi connectivity index (χ0) is 14.0. The molecule has 0 unspecified atom stereocenters. The maximum atomic E-state index is 11.3. The number of nitrogens with one attached hydrogen (secondary N) is 3. The van der Waals surface area contributed by atoms with E-state index in [0.717, 1.165) is 0 Å². The summed E-state index contributed by atoms with van der Waals surface area (Å²) in [5.41, 5.74) is 0. The summed E-state index contributed by atoms with van der Waals surface area (Å²) in [5, 5.41) is 15.9. The molecule has 0 spiro atoms. The molecule has 0 radical (unpaired) electrons. The Labute approximate surface area is 106 Å². The lowest BCUT2D eigenvalue weighted by atomic mass is 10.2. The van der Waals surface area contributed by atoms with Crippen LogP contribution in [0.2, 0.25) is 0 Å². The Kier molecular flexibility index (Phi) is 8.34. The van der Waals surface area contributed by atoms with Gasteiger partial charge in [0.25, 0.3) is 0 Å². The first-order chi connectivity index (χ1) is 8.41. The summed E-state index contributed by atoms with van der Waals surface area (Å²) in [7, 11) is 0. The molecule has 0 bridgehead atoms. The largest absolute Gasteiger partial charge is 0.481 e. The van der Waals surface area contributed by atoms with E-state index in [1.165, 1.54) is 0 Å². The van der Waals surface area contributed by atoms with Crippen LogP contribution in [0.1, 0.15) is 26.7 Å². The Morgan fingerprint density at radius 3 is 2.06 bits per heavy atom. The first-order valence-electron chi connectivity index (χ1n) is 5.92. The second-order valence-corrected chi connectivity index (χ2v) is 4.27. The van der Waals surface area contributed by atoms with Crippen LogP contribution in [0.25, 0.3) is 0 Å². The molecule has 0 saturated heterocycles. The van der Waals surface area contributed by atoms with Crippen molar-refractivity contribution in [3.63, 3.8) is 0 Å². The number of hydrogen-bond acceptors (Lipinski definition) is 3. The number of amides is 3. The van der Waals surface area contributed by atoms with Crippen molar-refractivity contribution >= 4 is 17.9 Å². The lowest BCUT2D eigenvalue weighted by Crippen LogP contribution is -2.39. The molecule has 7 heteroatoms. The summed E-state index contributed by atoms with van der Waals surface area (Å²) < 4.78 is 0. The minimum Gasteiger partial charge on any atom is -0.481 e. The fourth-order valence-corrected chi connectivity index (χ4v) is 1.04. The minimum absolute atomic E-state index is 0.0702. The summed E-state index contributed by atoms with van der Waals surface area (Å²) in [6, 6.07) is -0.465. The molecule has 0 aromatic carbocycles. The van der Waals surface area contributed by atoms with Crippen molar-refractivity contribution in [1.29, 1.82) is 0 Å². The lowest BCUT2D eigenvalue weighted by Gasteiger charge is -2.08. The van der Waals surface area contributed by atoms with Crippen molar-refractivity contribution in [2.75, 3.05) is 19.6 Å². The van der Waals surface area contributed by atoms with Crippen molar-refractivity contribution in [2.24, 2.45) is 5.92 Å². The van der Waals surface area contributed by atoms with E-state index in [2.05, 4.69) is 16.0 Å². The number of aliphatic carboxylic acids is 1. The summed E-state index contributed by atoms with van der Waals surface area (Å²) in [5.74, 6) is -0.695. The van der Waals surface area contributed by atoms with Gasteiger partial charge in [0, 0.05) is 26.1 Å². The number of rotatable bonds is 8. The van der Waals surface area contributed by atoms with E-state index >= 15 is 0 Å². The van der Waals surface area contributed by atoms with E-state index in [1.807, 2.05) is 13.8 Å². The van der Waals surface area contributed by atoms with Gasteiger partial charge in [0.15, 0.2) is 0 Å². The average molecular weight is 259 g/mol.